The molecule has 3 rings (SSSR count). The lowest BCUT2D eigenvalue weighted by molar-refractivity contribution is 0.875. The van der Waals surface area contributed by atoms with Gasteiger partial charge in [-0.25, -0.2) is 9.38 Å². The number of aryl methyl sites for hydroxylation is 3. The number of anilines is 2. The second-order valence-corrected chi connectivity index (χ2v) is 4.96. The van der Waals surface area contributed by atoms with Gasteiger partial charge in [-0.2, -0.15) is 9.97 Å². The fraction of sp³-hybridized carbons (Fsp3) is 0.200. The molecule has 6 heteroatoms. The first-order valence-electron chi connectivity index (χ1n) is 6.62. The minimum atomic E-state index is -0.170. The van der Waals surface area contributed by atoms with Crippen molar-refractivity contribution in [1.29, 1.82) is 0 Å². The van der Waals surface area contributed by atoms with Gasteiger partial charge in [-0.3, -0.25) is 4.79 Å². The number of nitrogens with one attached hydrogen (secondary N) is 1. The summed E-state index contributed by atoms with van der Waals surface area (Å²) in [5.41, 5.74) is 2.54. The quantitative estimate of drug-likeness (QED) is 0.779. The van der Waals surface area contributed by atoms with Gasteiger partial charge in [0.25, 0.3) is 5.56 Å². The van der Waals surface area contributed by atoms with Crippen LogP contribution in [0.25, 0.3) is 5.78 Å². The second-order valence-electron chi connectivity index (χ2n) is 4.96. The van der Waals surface area contributed by atoms with Crippen LogP contribution in [0, 0.1) is 20.8 Å². The lowest BCUT2D eigenvalue weighted by Crippen LogP contribution is -2.20. The van der Waals surface area contributed by atoms with E-state index in [0.717, 1.165) is 5.69 Å². The van der Waals surface area contributed by atoms with E-state index in [1.165, 1.54) is 16.0 Å². The molecule has 2 heterocycles. The van der Waals surface area contributed by atoms with Crippen molar-refractivity contribution >= 4 is 17.4 Å². The van der Waals surface area contributed by atoms with Crippen molar-refractivity contribution in [2.75, 3.05) is 5.32 Å². The van der Waals surface area contributed by atoms with Crippen molar-refractivity contribution in [1.82, 2.24) is 19.4 Å². The maximum atomic E-state index is 12.0. The van der Waals surface area contributed by atoms with E-state index in [1.807, 2.05) is 31.2 Å². The van der Waals surface area contributed by atoms with Crippen molar-refractivity contribution < 1.29 is 0 Å². The molecular weight excluding hydrogens is 266 g/mol. The Bertz CT molecular complexity index is 868. The molecule has 0 aliphatic carbocycles. The number of fused-ring (bicyclic) bond motifs is 1. The Morgan fingerprint density at radius 1 is 1.00 bits per heavy atom. The molecule has 0 amide bonds. The molecule has 21 heavy (non-hydrogen) atoms. The Labute approximate surface area is 121 Å². The van der Waals surface area contributed by atoms with E-state index in [9.17, 15) is 4.79 Å². The molecule has 1 aromatic carbocycles. The summed E-state index contributed by atoms with van der Waals surface area (Å²) in [4.78, 5) is 24.9. The Kier molecular flexibility index (Phi) is 3.13. The van der Waals surface area contributed by atoms with E-state index < -0.39 is 0 Å². The molecule has 1 N–H and O–H groups in total. The summed E-state index contributed by atoms with van der Waals surface area (Å²) in [6, 6.07) is 9.38. The summed E-state index contributed by atoms with van der Waals surface area (Å²) in [5.74, 6) is 1.32. The third kappa shape index (κ3) is 2.60. The highest BCUT2D eigenvalue weighted by Crippen LogP contribution is 2.14. The average molecular weight is 281 g/mol. The minimum Gasteiger partial charge on any atom is -0.324 e. The Morgan fingerprint density at radius 3 is 2.43 bits per heavy atom. The summed E-state index contributed by atoms with van der Waals surface area (Å²) in [6.45, 7) is 5.55. The monoisotopic (exact) mass is 281 g/mol. The molecule has 6 nitrogen and oxygen atoms in total. The van der Waals surface area contributed by atoms with E-state index in [0.29, 0.717) is 23.2 Å². The van der Waals surface area contributed by atoms with E-state index in [4.69, 9.17) is 0 Å². The van der Waals surface area contributed by atoms with Crippen molar-refractivity contribution in [2.24, 2.45) is 0 Å². The van der Waals surface area contributed by atoms with E-state index in [2.05, 4.69) is 20.3 Å². The van der Waals surface area contributed by atoms with Crippen LogP contribution in [-0.4, -0.2) is 19.4 Å². The lowest BCUT2D eigenvalue weighted by Gasteiger charge is -2.08. The molecule has 0 atom stereocenters. The fourth-order valence-electron chi connectivity index (χ4n) is 2.11. The zero-order valence-corrected chi connectivity index (χ0v) is 12.1. The van der Waals surface area contributed by atoms with Crippen molar-refractivity contribution in [2.45, 2.75) is 20.8 Å². The molecule has 0 spiro atoms. The van der Waals surface area contributed by atoms with Gasteiger partial charge in [0.15, 0.2) is 0 Å². The molecule has 106 valence electrons. The van der Waals surface area contributed by atoms with Crippen LogP contribution >= 0.6 is 0 Å². The molecule has 0 radical (unpaired) electrons. The normalized spacial score (nSPS) is 10.8. The number of nitrogens with zero attached hydrogens (tertiary/aromatic N) is 4. The first-order chi connectivity index (χ1) is 10.0. The van der Waals surface area contributed by atoms with Crippen LogP contribution in [0.4, 0.5) is 11.6 Å². The largest absolute Gasteiger partial charge is 0.324 e. The van der Waals surface area contributed by atoms with Gasteiger partial charge >= 0.3 is 0 Å². The molecule has 3 aromatic rings. The van der Waals surface area contributed by atoms with Crippen LogP contribution in [-0.2, 0) is 0 Å². The van der Waals surface area contributed by atoms with E-state index >= 15 is 0 Å². The van der Waals surface area contributed by atoms with Gasteiger partial charge in [-0.05, 0) is 32.9 Å². The first kappa shape index (κ1) is 13.2. The Balaban J connectivity index is 2.08. The Hall–Kier alpha value is -2.76. The SMILES string of the molecule is Cc1ccc(Nc2nc(C)n3c(=O)cc(C)nc3n2)cc1. The number of benzene rings is 1. The van der Waals surface area contributed by atoms with Crippen LogP contribution in [0.5, 0.6) is 0 Å². The second kappa shape index (κ2) is 4.97. The van der Waals surface area contributed by atoms with Crippen LogP contribution in [0.1, 0.15) is 17.1 Å². The average Bonchev–Trinajstić information content (AvgIpc) is 2.40. The zero-order valence-electron chi connectivity index (χ0n) is 12.1. The highest BCUT2D eigenvalue weighted by molar-refractivity contribution is 5.54. The maximum absolute atomic E-state index is 12.0. The lowest BCUT2D eigenvalue weighted by atomic mass is 10.2. The van der Waals surface area contributed by atoms with Crippen molar-refractivity contribution in [3.8, 4) is 0 Å². The van der Waals surface area contributed by atoms with Crippen molar-refractivity contribution in [3.63, 3.8) is 0 Å². The van der Waals surface area contributed by atoms with E-state index in [-0.39, 0.29) is 5.56 Å². The molecule has 2 aromatic heterocycles. The van der Waals surface area contributed by atoms with Gasteiger partial charge in [-0.15, -0.1) is 0 Å². The number of aromatic nitrogens is 4. The number of hydrogen-bond donors (Lipinski definition) is 1. The summed E-state index contributed by atoms with van der Waals surface area (Å²) in [7, 11) is 0. The van der Waals surface area contributed by atoms with Crippen LogP contribution in [0.15, 0.2) is 35.1 Å². The molecule has 0 unspecified atom stereocenters. The highest BCUT2D eigenvalue weighted by Gasteiger charge is 2.08. The summed E-state index contributed by atoms with van der Waals surface area (Å²) in [5, 5.41) is 3.13. The Morgan fingerprint density at radius 2 is 1.71 bits per heavy atom. The van der Waals surface area contributed by atoms with Crippen molar-refractivity contribution in [3.05, 3.63) is 57.8 Å². The first-order valence-corrected chi connectivity index (χ1v) is 6.62. The van der Waals surface area contributed by atoms with Crippen LogP contribution < -0.4 is 10.9 Å². The van der Waals surface area contributed by atoms with Gasteiger partial charge in [0.2, 0.25) is 11.7 Å². The summed E-state index contributed by atoms with van der Waals surface area (Å²) in [6.07, 6.45) is 0. The summed E-state index contributed by atoms with van der Waals surface area (Å²) < 4.78 is 1.40. The third-order valence-electron chi connectivity index (χ3n) is 3.13. The van der Waals surface area contributed by atoms with Gasteiger partial charge in [0.1, 0.15) is 5.82 Å². The van der Waals surface area contributed by atoms with Crippen LogP contribution in [0.2, 0.25) is 0 Å². The smallest absolute Gasteiger partial charge is 0.260 e. The number of hydrogen-bond acceptors (Lipinski definition) is 5. The maximum Gasteiger partial charge on any atom is 0.260 e. The topological polar surface area (TPSA) is 72.2 Å². The van der Waals surface area contributed by atoms with Gasteiger partial charge in [0.05, 0.1) is 0 Å². The fourth-order valence-corrected chi connectivity index (χ4v) is 2.11. The number of rotatable bonds is 2. The molecule has 0 aliphatic heterocycles. The molecule has 0 saturated heterocycles. The predicted molar refractivity (Wildman–Crippen MR) is 81.0 cm³/mol. The molecule has 0 aliphatic rings. The summed E-state index contributed by atoms with van der Waals surface area (Å²) >= 11 is 0. The third-order valence-corrected chi connectivity index (χ3v) is 3.13. The molecule has 0 saturated carbocycles. The highest BCUT2D eigenvalue weighted by atomic mass is 16.1. The standard InChI is InChI=1S/C15H15N5O/c1-9-4-6-12(7-5-9)18-14-17-11(3)20-13(21)8-10(2)16-15(20)19-14/h4-8H,1-3H3,(H,16,18,19). The van der Waals surface area contributed by atoms with Gasteiger partial charge in [0, 0.05) is 17.4 Å². The molecule has 0 fully saturated rings. The minimum absolute atomic E-state index is 0.170. The van der Waals surface area contributed by atoms with Gasteiger partial charge in [-0.1, -0.05) is 17.7 Å². The molecule has 0 bridgehead atoms. The van der Waals surface area contributed by atoms with Gasteiger partial charge < -0.3 is 5.32 Å². The van der Waals surface area contributed by atoms with Crippen LogP contribution in [0.3, 0.4) is 0 Å². The van der Waals surface area contributed by atoms with E-state index in [1.54, 1.807) is 13.8 Å². The molecular formula is C15H15N5O. The predicted octanol–water partition coefficient (Wildman–Crippen LogP) is 2.15. The zero-order chi connectivity index (χ0) is 15.0.